The number of benzene rings is 3. The molecule has 0 spiro atoms. The third kappa shape index (κ3) is 4.18. The van der Waals surface area contributed by atoms with E-state index in [1.54, 1.807) is 12.3 Å². The summed E-state index contributed by atoms with van der Waals surface area (Å²) in [5.74, 6) is 1.24. The second-order valence-corrected chi connectivity index (χ2v) is 7.18. The summed E-state index contributed by atoms with van der Waals surface area (Å²) in [7, 11) is 0. The molecule has 3 aromatic carbocycles. The van der Waals surface area contributed by atoms with Crippen molar-refractivity contribution in [2.24, 2.45) is 0 Å². The Balaban J connectivity index is 1.42. The third-order valence-electron chi connectivity index (χ3n) is 4.98. The van der Waals surface area contributed by atoms with Crippen molar-refractivity contribution in [3.05, 3.63) is 115 Å². The van der Waals surface area contributed by atoms with Crippen LogP contribution in [0.5, 0.6) is 11.5 Å². The van der Waals surface area contributed by atoms with E-state index >= 15 is 0 Å². The smallest absolute Gasteiger partial charge is 0.256 e. The minimum Gasteiger partial charge on any atom is -0.457 e. The van der Waals surface area contributed by atoms with Crippen LogP contribution in [-0.4, -0.2) is 15.9 Å². The molecule has 2 aromatic heterocycles. The van der Waals surface area contributed by atoms with Gasteiger partial charge in [0.05, 0.1) is 22.5 Å². The molecule has 0 saturated carbocycles. The van der Waals surface area contributed by atoms with Crippen LogP contribution in [0.2, 0.25) is 0 Å². The van der Waals surface area contributed by atoms with Crippen LogP contribution in [0.3, 0.4) is 0 Å². The van der Waals surface area contributed by atoms with Gasteiger partial charge in [-0.3, -0.25) is 9.78 Å². The first-order valence-corrected chi connectivity index (χ1v) is 10.2. The first-order chi connectivity index (χ1) is 15.8. The van der Waals surface area contributed by atoms with Gasteiger partial charge in [-0.2, -0.15) is 0 Å². The molecule has 0 saturated heterocycles. The zero-order valence-electron chi connectivity index (χ0n) is 17.1. The largest absolute Gasteiger partial charge is 0.457 e. The summed E-state index contributed by atoms with van der Waals surface area (Å²) in [5, 5.41) is 3.76. The number of ether oxygens (including phenoxy) is 1. The molecule has 1 amide bonds. The van der Waals surface area contributed by atoms with E-state index in [1.165, 1.54) is 0 Å². The van der Waals surface area contributed by atoms with Crippen LogP contribution >= 0.6 is 0 Å². The van der Waals surface area contributed by atoms with Gasteiger partial charge >= 0.3 is 0 Å². The van der Waals surface area contributed by atoms with Crippen molar-refractivity contribution < 1.29 is 9.53 Å². The number of anilines is 1. The molecule has 5 nitrogen and oxygen atoms in total. The summed E-state index contributed by atoms with van der Waals surface area (Å²) in [6.45, 7) is 0. The molecule has 0 aliphatic carbocycles. The molecule has 154 valence electrons. The highest BCUT2D eigenvalue weighted by Gasteiger charge is 2.14. The lowest BCUT2D eigenvalue weighted by atomic mass is 10.1. The molecular formula is C27H19N3O2. The number of carbonyl (C=O) groups excluding carboxylic acids is 1. The summed E-state index contributed by atoms with van der Waals surface area (Å²) in [5.41, 5.74) is 3.33. The van der Waals surface area contributed by atoms with E-state index in [4.69, 9.17) is 4.74 Å². The van der Waals surface area contributed by atoms with Gasteiger partial charge in [-0.25, -0.2) is 4.98 Å². The maximum Gasteiger partial charge on any atom is 0.256 e. The van der Waals surface area contributed by atoms with Crippen molar-refractivity contribution in [2.45, 2.75) is 0 Å². The lowest BCUT2D eigenvalue weighted by molar-refractivity contribution is 0.102. The van der Waals surface area contributed by atoms with E-state index < -0.39 is 0 Å². The summed E-state index contributed by atoms with van der Waals surface area (Å²) >= 11 is 0. The second-order valence-electron chi connectivity index (χ2n) is 7.18. The maximum atomic E-state index is 13.2. The number of hydrogen-bond acceptors (Lipinski definition) is 4. The highest BCUT2D eigenvalue weighted by molar-refractivity contribution is 6.13. The van der Waals surface area contributed by atoms with E-state index in [2.05, 4.69) is 15.3 Å². The standard InChI is InChI=1S/C27H19N3O2/c31-27(29-19-13-15-21(16-14-19)32-20-8-2-1-3-9-20)23-18-26(25-12-6-7-17-28-25)30-24-11-5-4-10-22(23)24/h1-18H,(H,29,31). The Bertz CT molecular complexity index is 1370. The predicted molar refractivity (Wildman–Crippen MR) is 126 cm³/mol. The van der Waals surface area contributed by atoms with Crippen molar-refractivity contribution in [3.63, 3.8) is 0 Å². The van der Waals surface area contributed by atoms with Gasteiger partial charge in [-0.15, -0.1) is 0 Å². The molecule has 5 rings (SSSR count). The Labute approximate surface area is 185 Å². The number of pyridine rings is 2. The van der Waals surface area contributed by atoms with Crippen molar-refractivity contribution in [1.29, 1.82) is 0 Å². The van der Waals surface area contributed by atoms with E-state index in [0.29, 0.717) is 22.7 Å². The zero-order valence-corrected chi connectivity index (χ0v) is 17.1. The first kappa shape index (κ1) is 19.5. The number of aromatic nitrogens is 2. The van der Waals surface area contributed by atoms with Crippen molar-refractivity contribution in [1.82, 2.24) is 9.97 Å². The Hall–Kier alpha value is -4.51. The Morgan fingerprint density at radius 1 is 0.719 bits per heavy atom. The number of hydrogen-bond donors (Lipinski definition) is 1. The van der Waals surface area contributed by atoms with E-state index in [0.717, 1.165) is 22.3 Å². The van der Waals surface area contributed by atoms with Gasteiger partial charge in [-0.05, 0) is 60.7 Å². The van der Waals surface area contributed by atoms with Crippen molar-refractivity contribution >= 4 is 22.5 Å². The molecular weight excluding hydrogens is 398 g/mol. The van der Waals surface area contributed by atoms with Gasteiger partial charge in [-0.1, -0.05) is 42.5 Å². The lowest BCUT2D eigenvalue weighted by Crippen LogP contribution is -2.13. The van der Waals surface area contributed by atoms with Crippen LogP contribution in [0, 0.1) is 0 Å². The highest BCUT2D eigenvalue weighted by atomic mass is 16.5. The van der Waals surface area contributed by atoms with Crippen molar-refractivity contribution in [2.75, 3.05) is 5.32 Å². The topological polar surface area (TPSA) is 64.1 Å². The van der Waals surface area contributed by atoms with Gasteiger partial charge in [0.15, 0.2) is 0 Å². The minimum atomic E-state index is -0.211. The Morgan fingerprint density at radius 2 is 1.44 bits per heavy atom. The van der Waals surface area contributed by atoms with Gasteiger partial charge < -0.3 is 10.1 Å². The maximum absolute atomic E-state index is 13.2. The normalized spacial score (nSPS) is 10.6. The molecule has 1 N–H and O–H groups in total. The van der Waals surface area contributed by atoms with Gasteiger partial charge in [0.25, 0.3) is 5.91 Å². The molecule has 5 aromatic rings. The fourth-order valence-electron chi connectivity index (χ4n) is 3.44. The number of nitrogens with zero attached hydrogens (tertiary/aromatic N) is 2. The second kappa shape index (κ2) is 8.70. The lowest BCUT2D eigenvalue weighted by Gasteiger charge is -2.11. The monoisotopic (exact) mass is 417 g/mol. The molecule has 0 aliphatic rings. The fraction of sp³-hybridized carbons (Fsp3) is 0. The van der Waals surface area contributed by atoms with Crippen LogP contribution in [0.15, 0.2) is 109 Å². The number of amides is 1. The number of nitrogens with one attached hydrogen (secondary N) is 1. The SMILES string of the molecule is O=C(Nc1ccc(Oc2ccccc2)cc1)c1cc(-c2ccccn2)nc2ccccc12. The molecule has 0 fully saturated rings. The molecule has 0 aliphatic heterocycles. The van der Waals surface area contributed by atoms with Gasteiger partial charge in [0.1, 0.15) is 11.5 Å². The summed E-state index contributed by atoms with van der Waals surface area (Å²) in [6, 6.07) is 31.9. The van der Waals surface area contributed by atoms with E-state index in [-0.39, 0.29) is 5.91 Å². The average molecular weight is 417 g/mol. The summed E-state index contributed by atoms with van der Waals surface area (Å²) < 4.78 is 5.82. The molecule has 0 bridgehead atoms. The van der Waals surface area contributed by atoms with E-state index in [1.807, 2.05) is 97.1 Å². The third-order valence-corrected chi connectivity index (χ3v) is 4.98. The molecule has 32 heavy (non-hydrogen) atoms. The first-order valence-electron chi connectivity index (χ1n) is 10.2. The fourth-order valence-corrected chi connectivity index (χ4v) is 3.44. The molecule has 0 unspecified atom stereocenters. The number of para-hydroxylation sites is 2. The average Bonchev–Trinajstić information content (AvgIpc) is 2.85. The minimum absolute atomic E-state index is 0.211. The van der Waals surface area contributed by atoms with Gasteiger partial charge in [0, 0.05) is 17.3 Å². The number of fused-ring (bicyclic) bond motifs is 1. The predicted octanol–water partition coefficient (Wildman–Crippen LogP) is 6.34. The highest BCUT2D eigenvalue weighted by Crippen LogP contribution is 2.26. The van der Waals surface area contributed by atoms with Crippen LogP contribution in [0.4, 0.5) is 5.69 Å². The number of rotatable bonds is 5. The quantitative estimate of drug-likeness (QED) is 0.362. The van der Waals surface area contributed by atoms with Gasteiger partial charge in [0.2, 0.25) is 0 Å². The molecule has 0 radical (unpaired) electrons. The van der Waals surface area contributed by atoms with Crippen molar-refractivity contribution in [3.8, 4) is 22.9 Å². The van der Waals surface area contributed by atoms with Crippen LogP contribution < -0.4 is 10.1 Å². The van der Waals surface area contributed by atoms with E-state index in [9.17, 15) is 4.79 Å². The molecule has 5 heteroatoms. The van der Waals surface area contributed by atoms with Crippen LogP contribution in [0.1, 0.15) is 10.4 Å². The summed E-state index contributed by atoms with van der Waals surface area (Å²) in [6.07, 6.45) is 1.71. The van der Waals surface area contributed by atoms with Crippen LogP contribution in [0.25, 0.3) is 22.3 Å². The summed E-state index contributed by atoms with van der Waals surface area (Å²) in [4.78, 5) is 22.3. The molecule has 2 heterocycles. The Kier molecular flexibility index (Phi) is 5.29. The zero-order chi connectivity index (χ0) is 21.8. The van der Waals surface area contributed by atoms with Crippen LogP contribution in [-0.2, 0) is 0 Å². The Morgan fingerprint density at radius 3 is 2.22 bits per heavy atom. The molecule has 0 atom stereocenters. The number of carbonyl (C=O) groups is 1.